The summed E-state index contributed by atoms with van der Waals surface area (Å²) in [7, 11) is 0. The van der Waals surface area contributed by atoms with E-state index in [1.54, 1.807) is 0 Å². The van der Waals surface area contributed by atoms with Gasteiger partial charge in [-0.1, -0.05) is 48.5 Å². The molecule has 106 valence electrons. The van der Waals surface area contributed by atoms with E-state index in [9.17, 15) is 4.79 Å². The average molecular weight is 280 g/mol. The number of hydrogen-bond donors (Lipinski definition) is 3. The van der Waals surface area contributed by atoms with Gasteiger partial charge in [-0.15, -0.1) is 0 Å². The number of benzene rings is 2. The Kier molecular flexibility index (Phi) is 3.66. The van der Waals surface area contributed by atoms with Crippen molar-refractivity contribution in [2.45, 2.75) is 6.04 Å². The Balaban J connectivity index is 1.70. The van der Waals surface area contributed by atoms with Crippen LogP contribution in [0.4, 0.5) is 0 Å². The van der Waals surface area contributed by atoms with Crippen LogP contribution in [0.15, 0.2) is 54.6 Å². The topological polar surface area (TPSA) is 83.8 Å². The lowest BCUT2D eigenvalue weighted by Gasteiger charge is -2.12. The number of para-hydroxylation sites is 1. The molecule has 0 spiro atoms. The minimum Gasteiger partial charge on any atom is -0.349 e. The molecule has 0 saturated heterocycles. The van der Waals surface area contributed by atoms with Crippen LogP contribution in [0.3, 0.4) is 0 Å². The van der Waals surface area contributed by atoms with Crippen molar-refractivity contribution >= 4 is 16.8 Å². The van der Waals surface area contributed by atoms with Crippen LogP contribution in [0, 0.1) is 0 Å². The smallest absolute Gasteiger partial charge is 0.272 e. The lowest BCUT2D eigenvalue weighted by molar-refractivity contribution is 0.0948. The molecule has 3 rings (SSSR count). The normalized spacial score (nSPS) is 12.2. The van der Waals surface area contributed by atoms with E-state index in [1.165, 1.54) is 0 Å². The molecule has 1 amide bonds. The van der Waals surface area contributed by atoms with E-state index in [0.717, 1.165) is 16.5 Å². The quantitative estimate of drug-likeness (QED) is 0.683. The Labute approximate surface area is 122 Å². The first-order valence-corrected chi connectivity index (χ1v) is 6.77. The van der Waals surface area contributed by atoms with Gasteiger partial charge in [0.25, 0.3) is 5.91 Å². The monoisotopic (exact) mass is 280 g/mol. The number of rotatable bonds is 4. The molecule has 1 unspecified atom stereocenters. The number of hydrogen-bond acceptors (Lipinski definition) is 3. The summed E-state index contributed by atoms with van der Waals surface area (Å²) in [6.45, 7) is 0.365. The molecular weight excluding hydrogens is 264 g/mol. The number of aromatic nitrogens is 2. The van der Waals surface area contributed by atoms with Gasteiger partial charge < -0.3 is 11.1 Å². The molecule has 1 heterocycles. The summed E-state index contributed by atoms with van der Waals surface area (Å²) in [4.78, 5) is 12.2. The van der Waals surface area contributed by atoms with Crippen LogP contribution in [-0.4, -0.2) is 22.6 Å². The second kappa shape index (κ2) is 5.76. The zero-order valence-corrected chi connectivity index (χ0v) is 11.4. The minimum atomic E-state index is -0.236. The summed E-state index contributed by atoms with van der Waals surface area (Å²) in [5.41, 5.74) is 8.29. The second-order valence-corrected chi connectivity index (χ2v) is 4.84. The maximum Gasteiger partial charge on any atom is 0.272 e. The summed E-state index contributed by atoms with van der Waals surface area (Å²) in [6.07, 6.45) is 0. The van der Waals surface area contributed by atoms with Crippen molar-refractivity contribution in [2.24, 2.45) is 5.73 Å². The van der Waals surface area contributed by atoms with E-state index in [-0.39, 0.29) is 11.9 Å². The van der Waals surface area contributed by atoms with Gasteiger partial charge in [0.05, 0.1) is 5.52 Å². The molecule has 1 atom stereocenters. The molecule has 3 aromatic rings. The van der Waals surface area contributed by atoms with Gasteiger partial charge in [-0.3, -0.25) is 9.89 Å². The fraction of sp³-hybridized carbons (Fsp3) is 0.125. The Bertz CT molecular complexity index is 751. The summed E-state index contributed by atoms with van der Waals surface area (Å²) < 4.78 is 0. The third kappa shape index (κ3) is 2.78. The average Bonchev–Trinajstić information content (AvgIpc) is 2.97. The lowest BCUT2D eigenvalue weighted by atomic mass is 10.1. The molecule has 2 aromatic carbocycles. The number of carbonyl (C=O) groups excluding carboxylic acids is 1. The summed E-state index contributed by atoms with van der Waals surface area (Å²) in [5.74, 6) is -0.223. The maximum absolute atomic E-state index is 12.2. The molecule has 0 aliphatic heterocycles. The van der Waals surface area contributed by atoms with Crippen LogP contribution in [0.1, 0.15) is 22.1 Å². The molecule has 0 aliphatic carbocycles. The zero-order chi connectivity index (χ0) is 14.7. The highest BCUT2D eigenvalue weighted by Gasteiger charge is 2.14. The maximum atomic E-state index is 12.2. The van der Waals surface area contributed by atoms with E-state index in [4.69, 9.17) is 5.73 Å². The van der Waals surface area contributed by atoms with Gasteiger partial charge in [0.1, 0.15) is 0 Å². The Morgan fingerprint density at radius 2 is 1.86 bits per heavy atom. The highest BCUT2D eigenvalue weighted by atomic mass is 16.1. The molecule has 0 saturated carbocycles. The number of amides is 1. The van der Waals surface area contributed by atoms with Crippen LogP contribution in [-0.2, 0) is 0 Å². The third-order valence-electron chi connectivity index (χ3n) is 3.40. The van der Waals surface area contributed by atoms with Gasteiger partial charge in [0.15, 0.2) is 5.69 Å². The summed E-state index contributed by atoms with van der Waals surface area (Å²) >= 11 is 0. The van der Waals surface area contributed by atoms with Crippen LogP contribution in [0.5, 0.6) is 0 Å². The van der Waals surface area contributed by atoms with E-state index in [2.05, 4.69) is 15.5 Å². The van der Waals surface area contributed by atoms with Gasteiger partial charge >= 0.3 is 0 Å². The van der Waals surface area contributed by atoms with Crippen molar-refractivity contribution in [3.8, 4) is 0 Å². The second-order valence-electron chi connectivity index (χ2n) is 4.84. The standard InChI is InChI=1S/C16H16N4O/c17-13(11-6-2-1-3-7-11)10-18-16(21)15-12-8-4-5-9-14(12)19-20-15/h1-9,13H,10,17H2,(H,18,21)(H,19,20). The summed E-state index contributed by atoms with van der Waals surface area (Å²) in [5, 5.41) is 10.6. The summed E-state index contributed by atoms with van der Waals surface area (Å²) in [6, 6.07) is 17.0. The molecule has 0 radical (unpaired) electrons. The van der Waals surface area contributed by atoms with E-state index >= 15 is 0 Å². The van der Waals surface area contributed by atoms with Crippen molar-refractivity contribution < 1.29 is 4.79 Å². The van der Waals surface area contributed by atoms with Gasteiger partial charge in [0.2, 0.25) is 0 Å². The molecule has 5 nitrogen and oxygen atoms in total. The molecule has 5 heteroatoms. The fourth-order valence-corrected chi connectivity index (χ4v) is 2.24. The molecular formula is C16H16N4O. The first-order valence-electron chi connectivity index (χ1n) is 6.77. The van der Waals surface area contributed by atoms with Crippen molar-refractivity contribution in [1.82, 2.24) is 15.5 Å². The van der Waals surface area contributed by atoms with Crippen molar-refractivity contribution in [2.75, 3.05) is 6.54 Å². The van der Waals surface area contributed by atoms with Crippen LogP contribution in [0.2, 0.25) is 0 Å². The van der Waals surface area contributed by atoms with Crippen molar-refractivity contribution in [3.05, 3.63) is 65.9 Å². The highest BCUT2D eigenvalue weighted by molar-refractivity contribution is 6.04. The molecule has 0 aliphatic rings. The number of fused-ring (bicyclic) bond motifs is 1. The largest absolute Gasteiger partial charge is 0.349 e. The molecule has 21 heavy (non-hydrogen) atoms. The Hall–Kier alpha value is -2.66. The number of nitrogens with zero attached hydrogens (tertiary/aromatic N) is 1. The van der Waals surface area contributed by atoms with Crippen molar-refractivity contribution in [1.29, 1.82) is 0 Å². The minimum absolute atomic E-state index is 0.223. The van der Waals surface area contributed by atoms with Gasteiger partial charge in [-0.2, -0.15) is 5.10 Å². The first-order chi connectivity index (χ1) is 10.3. The van der Waals surface area contributed by atoms with E-state index < -0.39 is 0 Å². The molecule has 0 bridgehead atoms. The number of aromatic amines is 1. The van der Waals surface area contributed by atoms with Crippen molar-refractivity contribution in [3.63, 3.8) is 0 Å². The first kappa shape index (κ1) is 13.3. The number of nitrogens with two attached hydrogens (primary N) is 1. The predicted octanol–water partition coefficient (Wildman–Crippen LogP) is 1.99. The van der Waals surface area contributed by atoms with E-state index in [0.29, 0.717) is 12.2 Å². The molecule has 4 N–H and O–H groups in total. The lowest BCUT2D eigenvalue weighted by Crippen LogP contribution is -2.32. The number of H-pyrrole nitrogens is 1. The van der Waals surface area contributed by atoms with Crippen LogP contribution >= 0.6 is 0 Å². The van der Waals surface area contributed by atoms with Gasteiger partial charge in [0, 0.05) is 18.0 Å². The Morgan fingerprint density at radius 1 is 1.14 bits per heavy atom. The zero-order valence-electron chi connectivity index (χ0n) is 11.4. The van der Waals surface area contributed by atoms with Gasteiger partial charge in [-0.25, -0.2) is 0 Å². The van der Waals surface area contributed by atoms with Crippen LogP contribution < -0.4 is 11.1 Å². The SMILES string of the molecule is NC(CNC(=O)c1n[nH]c2ccccc12)c1ccccc1. The molecule has 0 fully saturated rings. The highest BCUT2D eigenvalue weighted by Crippen LogP contribution is 2.15. The van der Waals surface area contributed by atoms with Gasteiger partial charge in [-0.05, 0) is 11.6 Å². The molecule has 1 aromatic heterocycles. The number of nitrogens with one attached hydrogen (secondary N) is 2. The predicted molar refractivity (Wildman–Crippen MR) is 81.8 cm³/mol. The Morgan fingerprint density at radius 3 is 2.67 bits per heavy atom. The van der Waals surface area contributed by atoms with E-state index in [1.807, 2.05) is 54.6 Å². The number of carbonyl (C=O) groups is 1. The van der Waals surface area contributed by atoms with Crippen LogP contribution in [0.25, 0.3) is 10.9 Å². The fourth-order valence-electron chi connectivity index (χ4n) is 2.24. The third-order valence-corrected chi connectivity index (χ3v) is 3.40.